The number of hydrogen-bond donors (Lipinski definition) is 2. The molecule has 0 amide bonds. The van der Waals surface area contributed by atoms with Crippen LogP contribution in [0, 0.1) is 0 Å². The highest BCUT2D eigenvalue weighted by Crippen LogP contribution is 2.43. The van der Waals surface area contributed by atoms with Gasteiger partial charge in [-0.05, 0) is 70.6 Å². The fourth-order valence-electron chi connectivity index (χ4n) is 5.05. The number of allylic oxidation sites excluding steroid dienone is 8. The zero-order valence-electron chi connectivity index (χ0n) is 31.6. The van der Waals surface area contributed by atoms with E-state index in [4.69, 9.17) is 24.3 Å². The molecule has 9 nitrogen and oxygen atoms in total. The lowest BCUT2D eigenvalue weighted by Gasteiger charge is -2.19. The molecule has 0 aromatic carbocycles. The molecule has 0 aliphatic carbocycles. The fourth-order valence-corrected chi connectivity index (χ4v) is 5.82. The highest BCUT2D eigenvalue weighted by atomic mass is 31.2. The molecular formula is C40H72NO8P. The Kier molecular flexibility index (Phi) is 35.3. The highest BCUT2D eigenvalue weighted by Gasteiger charge is 2.25. The van der Waals surface area contributed by atoms with Gasteiger partial charge in [-0.15, -0.1) is 0 Å². The van der Waals surface area contributed by atoms with Crippen molar-refractivity contribution in [3.8, 4) is 0 Å². The predicted octanol–water partition coefficient (Wildman–Crippen LogP) is 10.8. The van der Waals surface area contributed by atoms with Crippen molar-refractivity contribution >= 4 is 19.8 Å². The van der Waals surface area contributed by atoms with E-state index < -0.39 is 32.5 Å². The predicted molar refractivity (Wildman–Crippen MR) is 206 cm³/mol. The van der Waals surface area contributed by atoms with Gasteiger partial charge in [-0.2, -0.15) is 0 Å². The summed E-state index contributed by atoms with van der Waals surface area (Å²) >= 11 is 0. The van der Waals surface area contributed by atoms with Crippen LogP contribution in [0.2, 0.25) is 0 Å². The van der Waals surface area contributed by atoms with E-state index in [9.17, 15) is 19.0 Å². The maximum absolute atomic E-state index is 12.5. The zero-order chi connectivity index (χ0) is 36.8. The van der Waals surface area contributed by atoms with Crippen molar-refractivity contribution in [2.75, 3.05) is 26.4 Å². The van der Waals surface area contributed by atoms with E-state index >= 15 is 0 Å². The van der Waals surface area contributed by atoms with Gasteiger partial charge in [-0.1, -0.05) is 127 Å². The molecule has 0 radical (unpaired) electrons. The van der Waals surface area contributed by atoms with Gasteiger partial charge in [0, 0.05) is 19.4 Å². The second kappa shape index (κ2) is 36.8. The Hall–Kier alpha value is -2.03. The minimum atomic E-state index is -4.38. The summed E-state index contributed by atoms with van der Waals surface area (Å²) in [6, 6.07) is 0. The van der Waals surface area contributed by atoms with E-state index in [0.29, 0.717) is 12.8 Å². The third kappa shape index (κ3) is 35.8. The molecule has 0 aliphatic rings. The lowest BCUT2D eigenvalue weighted by atomic mass is 10.1. The van der Waals surface area contributed by atoms with Crippen molar-refractivity contribution in [1.82, 2.24) is 0 Å². The smallest absolute Gasteiger partial charge is 0.462 e. The first-order chi connectivity index (χ1) is 24.3. The molecule has 0 rings (SSSR count). The molecule has 290 valence electrons. The van der Waals surface area contributed by atoms with Gasteiger partial charge in [0.25, 0.3) is 0 Å². The molecule has 0 bridgehead atoms. The lowest BCUT2D eigenvalue weighted by molar-refractivity contribution is -0.161. The third-order valence-electron chi connectivity index (χ3n) is 7.95. The first-order valence-electron chi connectivity index (χ1n) is 19.6. The fraction of sp³-hybridized carbons (Fsp3) is 0.750. The van der Waals surface area contributed by atoms with Gasteiger partial charge in [-0.25, -0.2) is 4.57 Å². The van der Waals surface area contributed by atoms with Crippen LogP contribution in [0.3, 0.4) is 0 Å². The van der Waals surface area contributed by atoms with Gasteiger partial charge in [0.2, 0.25) is 0 Å². The van der Waals surface area contributed by atoms with Crippen LogP contribution in [0.4, 0.5) is 0 Å². The Labute approximate surface area is 305 Å². The molecule has 0 saturated heterocycles. The van der Waals surface area contributed by atoms with Crippen LogP contribution in [0.25, 0.3) is 0 Å². The summed E-state index contributed by atoms with van der Waals surface area (Å²) < 4.78 is 32.6. The van der Waals surface area contributed by atoms with Crippen molar-refractivity contribution in [1.29, 1.82) is 0 Å². The van der Waals surface area contributed by atoms with Crippen LogP contribution in [-0.2, 0) is 32.7 Å². The monoisotopic (exact) mass is 725 g/mol. The summed E-state index contributed by atoms with van der Waals surface area (Å²) in [5, 5.41) is 0. The first kappa shape index (κ1) is 48.0. The standard InChI is InChI=1S/C40H72NO8P/c1-3-5-7-9-11-13-15-17-19-21-22-24-26-28-30-32-39(42)46-36-38(37-48-50(44,45)47-35-34-41)49-40(43)33-31-29-27-25-23-20-18-16-14-12-10-8-6-4-2/h5,7,11,13,16-19,38H,3-4,6,8-10,12,14-15,20-37,41H2,1-2H3,(H,44,45)/b7-5+,13-11+,18-16+,19-17+/t38-/m1/s1. The van der Waals surface area contributed by atoms with Gasteiger partial charge >= 0.3 is 19.8 Å². The maximum Gasteiger partial charge on any atom is 0.472 e. The summed E-state index contributed by atoms with van der Waals surface area (Å²) in [6.07, 6.45) is 39.9. The van der Waals surface area contributed by atoms with Gasteiger partial charge < -0.3 is 20.1 Å². The molecule has 10 heteroatoms. The number of esters is 2. The van der Waals surface area contributed by atoms with Crippen molar-refractivity contribution < 1.29 is 37.6 Å². The summed E-state index contributed by atoms with van der Waals surface area (Å²) in [4.78, 5) is 34.7. The van der Waals surface area contributed by atoms with Crippen LogP contribution >= 0.6 is 7.82 Å². The van der Waals surface area contributed by atoms with Crippen molar-refractivity contribution in [3.05, 3.63) is 48.6 Å². The van der Waals surface area contributed by atoms with E-state index in [1.807, 2.05) is 0 Å². The third-order valence-corrected chi connectivity index (χ3v) is 8.93. The molecule has 0 heterocycles. The summed E-state index contributed by atoms with van der Waals surface area (Å²) in [5.41, 5.74) is 5.33. The lowest BCUT2D eigenvalue weighted by Crippen LogP contribution is -2.29. The Balaban J connectivity index is 4.26. The summed E-state index contributed by atoms with van der Waals surface area (Å²) in [5.74, 6) is -0.862. The number of unbranched alkanes of at least 4 members (excludes halogenated alkanes) is 15. The molecular weight excluding hydrogens is 653 g/mol. The van der Waals surface area contributed by atoms with Crippen LogP contribution in [0.15, 0.2) is 48.6 Å². The van der Waals surface area contributed by atoms with Crippen LogP contribution in [0.1, 0.15) is 162 Å². The molecule has 50 heavy (non-hydrogen) atoms. The molecule has 0 aromatic heterocycles. The number of ether oxygens (including phenoxy) is 2. The first-order valence-corrected chi connectivity index (χ1v) is 21.1. The molecule has 0 spiro atoms. The number of nitrogens with two attached hydrogens (primary N) is 1. The second-order valence-corrected chi connectivity index (χ2v) is 14.2. The minimum absolute atomic E-state index is 0.0479. The Morgan fingerprint density at radius 1 is 0.620 bits per heavy atom. The average Bonchev–Trinajstić information content (AvgIpc) is 3.10. The number of phosphoric acid groups is 1. The maximum atomic E-state index is 12.5. The second-order valence-electron chi connectivity index (χ2n) is 12.8. The van der Waals surface area contributed by atoms with Crippen LogP contribution < -0.4 is 5.73 Å². The van der Waals surface area contributed by atoms with E-state index in [1.165, 1.54) is 38.5 Å². The van der Waals surface area contributed by atoms with Crippen LogP contribution in [-0.4, -0.2) is 49.3 Å². The molecule has 1 unspecified atom stereocenters. The Morgan fingerprint density at radius 2 is 1.10 bits per heavy atom. The molecule has 2 atom stereocenters. The largest absolute Gasteiger partial charge is 0.472 e. The van der Waals surface area contributed by atoms with E-state index in [-0.39, 0.29) is 32.6 Å². The number of carbonyl (C=O) groups excluding carboxylic acids is 2. The quantitative estimate of drug-likeness (QED) is 0.0280. The normalized spacial score (nSPS) is 13.9. The highest BCUT2D eigenvalue weighted by molar-refractivity contribution is 7.47. The number of phosphoric ester groups is 1. The van der Waals surface area contributed by atoms with Gasteiger partial charge in [0.15, 0.2) is 6.10 Å². The number of rotatable bonds is 36. The van der Waals surface area contributed by atoms with E-state index in [2.05, 4.69) is 62.5 Å². The summed E-state index contributed by atoms with van der Waals surface area (Å²) in [6.45, 7) is 3.56. The molecule has 0 saturated carbocycles. The molecule has 0 fully saturated rings. The van der Waals surface area contributed by atoms with Gasteiger partial charge in [0.05, 0.1) is 13.2 Å². The Morgan fingerprint density at radius 3 is 1.66 bits per heavy atom. The van der Waals surface area contributed by atoms with Gasteiger partial charge in [0.1, 0.15) is 6.61 Å². The van der Waals surface area contributed by atoms with Gasteiger partial charge in [-0.3, -0.25) is 18.6 Å². The topological polar surface area (TPSA) is 134 Å². The molecule has 0 aromatic rings. The van der Waals surface area contributed by atoms with E-state index in [1.54, 1.807) is 0 Å². The van der Waals surface area contributed by atoms with E-state index in [0.717, 1.165) is 83.5 Å². The SMILES string of the molecule is CC/C=C/C/C=C/C/C=C/CCCCCCCC(=O)OC[C@H](COP(=O)(O)OCCN)OC(=O)CCCCCCC/C=C/CCCCCCC. The van der Waals surface area contributed by atoms with Crippen LogP contribution in [0.5, 0.6) is 0 Å². The molecule has 0 aliphatic heterocycles. The summed E-state index contributed by atoms with van der Waals surface area (Å²) in [7, 11) is -4.38. The van der Waals surface area contributed by atoms with Crippen molar-refractivity contribution in [2.24, 2.45) is 5.73 Å². The zero-order valence-corrected chi connectivity index (χ0v) is 32.5. The minimum Gasteiger partial charge on any atom is -0.462 e. The van der Waals surface area contributed by atoms with Crippen molar-refractivity contribution in [3.63, 3.8) is 0 Å². The number of hydrogen-bond acceptors (Lipinski definition) is 8. The number of carbonyl (C=O) groups is 2. The molecule has 3 N–H and O–H groups in total. The van der Waals surface area contributed by atoms with Crippen molar-refractivity contribution in [2.45, 2.75) is 168 Å². The average molecular weight is 726 g/mol. The Bertz CT molecular complexity index is 965.